The van der Waals surface area contributed by atoms with Gasteiger partial charge in [-0.2, -0.15) is 0 Å². The monoisotopic (exact) mass is 205 g/mol. The molecule has 0 unspecified atom stereocenters. The van der Waals surface area contributed by atoms with Crippen molar-refractivity contribution in [1.29, 1.82) is 0 Å². The third kappa shape index (κ3) is 2.32. The van der Waals surface area contributed by atoms with Gasteiger partial charge in [-0.1, -0.05) is 5.10 Å². The molecule has 74 valence electrons. The Kier molecular flexibility index (Phi) is 3.98. The maximum Gasteiger partial charge on any atom is 0.316 e. The first-order valence-electron chi connectivity index (χ1n) is 3.84. The van der Waals surface area contributed by atoms with E-state index in [2.05, 4.69) is 10.2 Å². The first-order valence-corrected chi connectivity index (χ1v) is 4.38. The molecular formula is C7H12ClN3O2. The average Bonchev–Trinajstić information content (AvgIpc) is 2.56. The van der Waals surface area contributed by atoms with Gasteiger partial charge in [0.2, 0.25) is 0 Å². The highest BCUT2D eigenvalue weighted by atomic mass is 35.5. The Morgan fingerprint density at radius 3 is 2.69 bits per heavy atom. The van der Waals surface area contributed by atoms with Crippen LogP contribution in [0.3, 0.4) is 0 Å². The molecule has 0 aromatic carbocycles. The van der Waals surface area contributed by atoms with E-state index in [1.165, 1.54) is 0 Å². The van der Waals surface area contributed by atoms with E-state index < -0.39 is 0 Å². The van der Waals surface area contributed by atoms with Gasteiger partial charge in [0, 0.05) is 7.11 Å². The number of ether oxygens (including phenoxy) is 2. The average molecular weight is 206 g/mol. The quantitative estimate of drug-likeness (QED) is 0.663. The Bertz CT molecular complexity index is 243. The fraction of sp³-hybridized carbons (Fsp3) is 0.714. The Labute approximate surface area is 81.6 Å². The molecule has 1 aromatic rings. The molecule has 0 saturated heterocycles. The zero-order valence-electron chi connectivity index (χ0n) is 7.66. The van der Waals surface area contributed by atoms with E-state index in [1.54, 1.807) is 18.8 Å². The van der Waals surface area contributed by atoms with Gasteiger partial charge in [0.1, 0.15) is 0 Å². The Hall–Kier alpha value is -0.810. The van der Waals surface area contributed by atoms with Crippen LogP contribution in [-0.4, -0.2) is 35.6 Å². The molecule has 0 amide bonds. The zero-order valence-corrected chi connectivity index (χ0v) is 8.41. The molecule has 0 saturated carbocycles. The van der Waals surface area contributed by atoms with Crippen molar-refractivity contribution in [3.63, 3.8) is 0 Å². The van der Waals surface area contributed by atoms with Gasteiger partial charge in [0.25, 0.3) is 0 Å². The van der Waals surface area contributed by atoms with Crippen molar-refractivity contribution in [2.45, 2.75) is 12.4 Å². The van der Waals surface area contributed by atoms with Gasteiger partial charge in [-0.25, -0.2) is 0 Å². The topological polar surface area (TPSA) is 49.2 Å². The summed E-state index contributed by atoms with van der Waals surface area (Å²) < 4.78 is 11.7. The third-order valence-corrected chi connectivity index (χ3v) is 1.85. The third-order valence-electron chi connectivity index (χ3n) is 1.61. The molecule has 0 aliphatic heterocycles. The summed E-state index contributed by atoms with van der Waals surface area (Å²) in [5, 5.41) is 7.67. The Morgan fingerprint density at radius 1 is 1.38 bits per heavy atom. The highest BCUT2D eigenvalue weighted by molar-refractivity contribution is 6.16. The Balaban J connectivity index is 2.78. The smallest absolute Gasteiger partial charge is 0.316 e. The van der Waals surface area contributed by atoms with E-state index in [0.717, 1.165) is 0 Å². The maximum absolute atomic E-state index is 5.66. The molecule has 0 spiro atoms. The summed E-state index contributed by atoms with van der Waals surface area (Å²) in [7, 11) is 3.18. The van der Waals surface area contributed by atoms with Crippen molar-refractivity contribution in [2.24, 2.45) is 0 Å². The van der Waals surface area contributed by atoms with E-state index in [4.69, 9.17) is 21.1 Å². The normalized spacial score (nSPS) is 10.4. The molecule has 13 heavy (non-hydrogen) atoms. The number of hydrogen-bond acceptors (Lipinski definition) is 4. The van der Waals surface area contributed by atoms with E-state index >= 15 is 0 Å². The van der Waals surface area contributed by atoms with Crippen LogP contribution in [0.4, 0.5) is 0 Å². The number of halogens is 1. The first-order chi connectivity index (χ1) is 6.33. The van der Waals surface area contributed by atoms with Crippen molar-refractivity contribution in [1.82, 2.24) is 14.8 Å². The lowest BCUT2D eigenvalue weighted by Crippen LogP contribution is -2.09. The van der Waals surface area contributed by atoms with Crippen molar-refractivity contribution in [2.75, 3.05) is 20.8 Å². The van der Waals surface area contributed by atoms with E-state index in [9.17, 15) is 0 Å². The highest BCUT2D eigenvalue weighted by Crippen LogP contribution is 2.11. The standard InChI is InChI=1S/C7H12ClN3O2/c1-12-4-3-11-6(5-8)9-10-7(11)13-2/h3-5H2,1-2H3. The van der Waals surface area contributed by atoms with Gasteiger partial charge in [-0.3, -0.25) is 4.57 Å². The second-order valence-corrected chi connectivity index (χ2v) is 2.65. The van der Waals surface area contributed by atoms with Crippen LogP contribution in [-0.2, 0) is 17.2 Å². The van der Waals surface area contributed by atoms with Crippen LogP contribution in [0.5, 0.6) is 6.01 Å². The highest BCUT2D eigenvalue weighted by Gasteiger charge is 2.10. The van der Waals surface area contributed by atoms with Gasteiger partial charge in [0.05, 0.1) is 26.1 Å². The number of alkyl halides is 1. The van der Waals surface area contributed by atoms with Crippen LogP contribution >= 0.6 is 11.6 Å². The van der Waals surface area contributed by atoms with Crippen molar-refractivity contribution < 1.29 is 9.47 Å². The van der Waals surface area contributed by atoms with Crippen LogP contribution in [0.15, 0.2) is 0 Å². The molecule has 0 radical (unpaired) electrons. The summed E-state index contributed by atoms with van der Waals surface area (Å²) in [6.45, 7) is 1.23. The SMILES string of the molecule is COCCn1c(CCl)nnc1OC. The minimum atomic E-state index is 0.320. The minimum Gasteiger partial charge on any atom is -0.467 e. The van der Waals surface area contributed by atoms with Crippen LogP contribution in [0.25, 0.3) is 0 Å². The summed E-state index contributed by atoms with van der Waals surface area (Å²) in [5.74, 6) is 1.01. The summed E-state index contributed by atoms with van der Waals surface area (Å²) in [5.41, 5.74) is 0. The molecule has 0 N–H and O–H groups in total. The summed E-state index contributed by atoms with van der Waals surface area (Å²) >= 11 is 5.66. The number of aromatic nitrogens is 3. The van der Waals surface area contributed by atoms with Crippen LogP contribution in [0.2, 0.25) is 0 Å². The second-order valence-electron chi connectivity index (χ2n) is 2.38. The number of rotatable bonds is 5. The lowest BCUT2D eigenvalue weighted by atomic mass is 10.6. The molecule has 0 bridgehead atoms. The van der Waals surface area contributed by atoms with Gasteiger partial charge >= 0.3 is 6.01 Å². The molecule has 0 atom stereocenters. The van der Waals surface area contributed by atoms with E-state index in [-0.39, 0.29) is 0 Å². The minimum absolute atomic E-state index is 0.320. The van der Waals surface area contributed by atoms with E-state index in [0.29, 0.717) is 30.9 Å². The first kappa shape index (κ1) is 10.3. The predicted octanol–water partition coefficient (Wildman–Crippen LogP) is 0.672. The van der Waals surface area contributed by atoms with Crippen LogP contribution < -0.4 is 4.74 Å². The second kappa shape index (κ2) is 5.04. The van der Waals surface area contributed by atoms with Crippen molar-refractivity contribution >= 4 is 11.6 Å². The van der Waals surface area contributed by atoms with Crippen LogP contribution in [0.1, 0.15) is 5.82 Å². The van der Waals surface area contributed by atoms with Gasteiger partial charge in [-0.15, -0.1) is 16.7 Å². The fourth-order valence-corrected chi connectivity index (χ4v) is 1.17. The molecule has 6 heteroatoms. The number of nitrogens with zero attached hydrogens (tertiary/aromatic N) is 3. The number of methoxy groups -OCH3 is 2. The molecular weight excluding hydrogens is 194 g/mol. The summed E-state index contributed by atoms with van der Waals surface area (Å²) in [6.07, 6.45) is 0. The molecule has 1 aromatic heterocycles. The van der Waals surface area contributed by atoms with Crippen LogP contribution in [0, 0.1) is 0 Å². The summed E-state index contributed by atoms with van der Waals surface area (Å²) in [6, 6.07) is 0.465. The molecule has 0 fully saturated rings. The molecule has 0 aliphatic rings. The Morgan fingerprint density at radius 2 is 2.15 bits per heavy atom. The fourth-order valence-electron chi connectivity index (χ4n) is 0.976. The largest absolute Gasteiger partial charge is 0.467 e. The number of hydrogen-bond donors (Lipinski definition) is 0. The maximum atomic E-state index is 5.66. The van der Waals surface area contributed by atoms with Gasteiger partial charge < -0.3 is 9.47 Å². The molecule has 5 nitrogen and oxygen atoms in total. The predicted molar refractivity (Wildman–Crippen MR) is 48.0 cm³/mol. The lowest BCUT2D eigenvalue weighted by Gasteiger charge is -2.06. The van der Waals surface area contributed by atoms with E-state index in [1.807, 2.05) is 0 Å². The summed E-state index contributed by atoms with van der Waals surface area (Å²) in [4.78, 5) is 0. The molecule has 1 heterocycles. The van der Waals surface area contributed by atoms with Gasteiger partial charge in [-0.05, 0) is 0 Å². The molecule has 0 aliphatic carbocycles. The zero-order chi connectivity index (χ0) is 9.68. The lowest BCUT2D eigenvalue weighted by molar-refractivity contribution is 0.182. The van der Waals surface area contributed by atoms with Gasteiger partial charge in [0.15, 0.2) is 5.82 Å². The molecule has 1 rings (SSSR count). The van der Waals surface area contributed by atoms with Crippen molar-refractivity contribution in [3.05, 3.63) is 5.82 Å². The van der Waals surface area contributed by atoms with Crippen molar-refractivity contribution in [3.8, 4) is 6.01 Å².